The summed E-state index contributed by atoms with van der Waals surface area (Å²) in [6.07, 6.45) is -1.37. The molecule has 3 nitrogen and oxygen atoms in total. The Kier molecular flexibility index (Phi) is 3.32. The molecule has 1 aromatic heterocycles. The number of fused-ring (bicyclic) bond motifs is 3. The van der Waals surface area contributed by atoms with E-state index in [1.165, 1.54) is 0 Å². The molecule has 1 aliphatic carbocycles. The SMILES string of the molecule is Fc1cc(C(F)(F)F)cnc1O[C@H]1C[C@H]2CC[C@@H]1NC2. The van der Waals surface area contributed by atoms with Crippen LogP contribution in [0.1, 0.15) is 24.8 Å². The fourth-order valence-corrected chi connectivity index (χ4v) is 2.89. The highest BCUT2D eigenvalue weighted by atomic mass is 19.4. The molecule has 3 fully saturated rings. The smallest absolute Gasteiger partial charge is 0.417 e. The molecule has 0 spiro atoms. The van der Waals surface area contributed by atoms with Gasteiger partial charge in [0, 0.05) is 12.2 Å². The van der Waals surface area contributed by atoms with E-state index in [0.717, 1.165) is 25.8 Å². The van der Waals surface area contributed by atoms with Crippen LogP contribution in [0, 0.1) is 11.7 Å². The number of hydrogen-bond donors (Lipinski definition) is 1. The lowest BCUT2D eigenvalue weighted by molar-refractivity contribution is -0.138. The summed E-state index contributed by atoms with van der Waals surface area (Å²) in [6.45, 7) is 0.924. The third-order valence-corrected chi connectivity index (χ3v) is 3.97. The van der Waals surface area contributed by atoms with Crippen LogP contribution < -0.4 is 10.1 Å². The van der Waals surface area contributed by atoms with E-state index in [1.54, 1.807) is 0 Å². The molecular formula is C13H14F4N2O. The van der Waals surface area contributed by atoms with Gasteiger partial charge in [0.15, 0.2) is 5.82 Å². The maximum atomic E-state index is 13.7. The molecule has 110 valence electrons. The Morgan fingerprint density at radius 2 is 2.10 bits per heavy atom. The maximum Gasteiger partial charge on any atom is 0.417 e. The number of piperidine rings is 2. The first kappa shape index (κ1) is 13.6. The standard InChI is InChI=1S/C13H14F4N2O/c14-9-4-8(13(15,16)17)6-19-12(9)20-11-3-7-1-2-10(11)18-5-7/h4,6-7,10-11,18H,1-3,5H2/t7-,10+,11+/m1/s1. The van der Waals surface area contributed by atoms with Crippen LogP contribution >= 0.6 is 0 Å². The van der Waals surface area contributed by atoms with Crippen LogP contribution in [-0.4, -0.2) is 23.7 Å². The lowest BCUT2D eigenvalue weighted by atomic mass is 9.79. The molecule has 2 aliphatic heterocycles. The van der Waals surface area contributed by atoms with E-state index in [0.29, 0.717) is 18.2 Å². The van der Waals surface area contributed by atoms with E-state index in [1.807, 2.05) is 0 Å². The van der Waals surface area contributed by atoms with E-state index in [-0.39, 0.29) is 18.0 Å². The lowest BCUT2D eigenvalue weighted by Gasteiger charge is -2.42. The summed E-state index contributed by atoms with van der Waals surface area (Å²) in [6, 6.07) is 0.556. The first-order chi connectivity index (χ1) is 9.43. The lowest BCUT2D eigenvalue weighted by Crippen LogP contribution is -2.55. The fraction of sp³-hybridized carbons (Fsp3) is 0.615. The average Bonchev–Trinajstić information content (AvgIpc) is 2.41. The largest absolute Gasteiger partial charge is 0.471 e. The van der Waals surface area contributed by atoms with Crippen LogP contribution in [0.25, 0.3) is 0 Å². The number of nitrogens with one attached hydrogen (secondary N) is 1. The number of ether oxygens (including phenoxy) is 1. The third kappa shape index (κ3) is 2.59. The van der Waals surface area contributed by atoms with Gasteiger partial charge >= 0.3 is 6.18 Å². The highest BCUT2D eigenvalue weighted by Gasteiger charge is 2.38. The Labute approximate surface area is 113 Å². The third-order valence-electron chi connectivity index (χ3n) is 3.97. The second-order valence-corrected chi connectivity index (χ2v) is 5.36. The number of rotatable bonds is 2. The van der Waals surface area contributed by atoms with Crippen molar-refractivity contribution in [3.63, 3.8) is 0 Å². The maximum absolute atomic E-state index is 13.7. The van der Waals surface area contributed by atoms with Crippen LogP contribution in [0.2, 0.25) is 0 Å². The molecule has 4 rings (SSSR count). The molecule has 2 saturated heterocycles. The Bertz CT molecular complexity index is 498. The predicted molar refractivity (Wildman–Crippen MR) is 62.7 cm³/mol. The van der Waals surface area contributed by atoms with Crippen molar-refractivity contribution in [3.05, 3.63) is 23.6 Å². The van der Waals surface area contributed by atoms with Crippen LogP contribution in [0.15, 0.2) is 12.3 Å². The summed E-state index contributed by atoms with van der Waals surface area (Å²) in [5.74, 6) is -0.930. The molecule has 1 saturated carbocycles. The van der Waals surface area contributed by atoms with Crippen LogP contribution in [0.4, 0.5) is 17.6 Å². The van der Waals surface area contributed by atoms with Gasteiger partial charge in [-0.05, 0) is 37.8 Å². The molecule has 7 heteroatoms. The summed E-state index contributed by atoms with van der Waals surface area (Å²) in [4.78, 5) is 3.48. The van der Waals surface area contributed by atoms with Gasteiger partial charge < -0.3 is 10.1 Å². The Morgan fingerprint density at radius 1 is 1.30 bits per heavy atom. The summed E-state index contributed by atoms with van der Waals surface area (Å²) in [7, 11) is 0. The molecule has 0 unspecified atom stereocenters. The molecule has 3 atom stereocenters. The van der Waals surface area contributed by atoms with Gasteiger partial charge in [0.2, 0.25) is 0 Å². The first-order valence-electron chi connectivity index (χ1n) is 6.56. The van der Waals surface area contributed by atoms with Crippen molar-refractivity contribution in [2.45, 2.75) is 37.6 Å². The second kappa shape index (κ2) is 4.87. The number of pyridine rings is 1. The van der Waals surface area contributed by atoms with Gasteiger partial charge in [-0.3, -0.25) is 0 Å². The number of aromatic nitrogens is 1. The Hall–Kier alpha value is -1.37. The van der Waals surface area contributed by atoms with Crippen LogP contribution in [-0.2, 0) is 6.18 Å². The predicted octanol–water partition coefficient (Wildman–Crippen LogP) is 2.76. The highest BCUT2D eigenvalue weighted by Crippen LogP contribution is 2.34. The number of nitrogens with zero attached hydrogens (tertiary/aromatic N) is 1. The molecule has 20 heavy (non-hydrogen) atoms. The summed E-state index contributed by atoms with van der Waals surface area (Å²) < 4.78 is 56.4. The minimum absolute atomic E-state index is 0.128. The van der Waals surface area contributed by atoms with Gasteiger partial charge in [-0.1, -0.05) is 0 Å². The fourth-order valence-electron chi connectivity index (χ4n) is 2.89. The van der Waals surface area contributed by atoms with Crippen LogP contribution in [0.3, 0.4) is 0 Å². The van der Waals surface area contributed by atoms with Gasteiger partial charge in [-0.25, -0.2) is 9.37 Å². The molecule has 3 heterocycles. The van der Waals surface area contributed by atoms with Gasteiger partial charge in [-0.2, -0.15) is 13.2 Å². The summed E-state index contributed by atoms with van der Waals surface area (Å²) in [5.41, 5.74) is -1.11. The molecule has 1 N–H and O–H groups in total. The summed E-state index contributed by atoms with van der Waals surface area (Å²) in [5, 5.41) is 3.29. The zero-order valence-electron chi connectivity index (χ0n) is 10.6. The van der Waals surface area contributed by atoms with E-state index < -0.39 is 17.6 Å². The van der Waals surface area contributed by atoms with Gasteiger partial charge in [0.1, 0.15) is 6.10 Å². The highest BCUT2D eigenvalue weighted by molar-refractivity contribution is 5.23. The molecule has 0 amide bonds. The van der Waals surface area contributed by atoms with Gasteiger partial charge in [0.05, 0.1) is 5.56 Å². The van der Waals surface area contributed by atoms with Crippen molar-refractivity contribution in [2.24, 2.45) is 5.92 Å². The van der Waals surface area contributed by atoms with Gasteiger partial charge in [0.25, 0.3) is 5.88 Å². The van der Waals surface area contributed by atoms with Crippen molar-refractivity contribution in [1.29, 1.82) is 0 Å². The Balaban J connectivity index is 1.75. The van der Waals surface area contributed by atoms with Crippen molar-refractivity contribution in [1.82, 2.24) is 10.3 Å². The monoisotopic (exact) mass is 290 g/mol. The van der Waals surface area contributed by atoms with E-state index >= 15 is 0 Å². The number of halogens is 4. The quantitative estimate of drug-likeness (QED) is 0.850. The van der Waals surface area contributed by atoms with Crippen molar-refractivity contribution >= 4 is 0 Å². The van der Waals surface area contributed by atoms with E-state index in [9.17, 15) is 17.6 Å². The minimum Gasteiger partial charge on any atom is -0.471 e. The topological polar surface area (TPSA) is 34.1 Å². The molecular weight excluding hydrogens is 276 g/mol. The average molecular weight is 290 g/mol. The molecule has 1 aromatic rings. The minimum atomic E-state index is -4.60. The van der Waals surface area contributed by atoms with Crippen molar-refractivity contribution in [3.8, 4) is 5.88 Å². The zero-order valence-corrected chi connectivity index (χ0v) is 10.6. The number of alkyl halides is 3. The van der Waals surface area contributed by atoms with Crippen molar-refractivity contribution < 1.29 is 22.3 Å². The molecule has 0 aromatic carbocycles. The second-order valence-electron chi connectivity index (χ2n) is 5.36. The molecule has 0 radical (unpaired) electrons. The molecule has 2 bridgehead atoms. The zero-order chi connectivity index (χ0) is 14.3. The van der Waals surface area contributed by atoms with E-state index in [2.05, 4.69) is 10.3 Å². The normalized spacial score (nSPS) is 29.5. The van der Waals surface area contributed by atoms with Crippen molar-refractivity contribution in [2.75, 3.05) is 6.54 Å². The Morgan fingerprint density at radius 3 is 2.60 bits per heavy atom. The van der Waals surface area contributed by atoms with E-state index in [4.69, 9.17) is 4.74 Å². The van der Waals surface area contributed by atoms with Gasteiger partial charge in [-0.15, -0.1) is 0 Å². The molecule has 3 aliphatic rings. The number of hydrogen-bond acceptors (Lipinski definition) is 3. The van der Waals surface area contributed by atoms with Crippen LogP contribution in [0.5, 0.6) is 5.88 Å². The first-order valence-corrected chi connectivity index (χ1v) is 6.56. The summed E-state index contributed by atoms with van der Waals surface area (Å²) >= 11 is 0.